The van der Waals surface area contributed by atoms with E-state index in [4.69, 9.17) is 14.2 Å². The summed E-state index contributed by atoms with van der Waals surface area (Å²) in [6, 6.07) is -0.166. The average molecular weight is 778 g/mol. The van der Waals surface area contributed by atoms with Gasteiger partial charge < -0.3 is 45.3 Å². The van der Waals surface area contributed by atoms with Crippen LogP contribution < -0.4 is 10.6 Å². The number of halogens is 1. The molecule has 2 amide bonds. The quantitative estimate of drug-likeness (QED) is 0.0600. The number of ether oxygens (including phenoxy) is 3. The highest BCUT2D eigenvalue weighted by molar-refractivity contribution is 9.10. The third-order valence-corrected chi connectivity index (χ3v) is 12.0. The highest BCUT2D eigenvalue weighted by atomic mass is 79.9. The fraction of sp³-hybridized carbons (Fsp3) is 0.914. The first-order valence-electron chi connectivity index (χ1n) is 18.5. The predicted octanol–water partition coefficient (Wildman–Crippen LogP) is 0.308. The summed E-state index contributed by atoms with van der Waals surface area (Å²) >= 11 is 3.51. The molecule has 0 radical (unpaired) electrons. The molecule has 288 valence electrons. The van der Waals surface area contributed by atoms with Gasteiger partial charge in [0.05, 0.1) is 54.5 Å². The normalized spacial score (nSPS) is 31.4. The molecule has 4 fully saturated rings. The summed E-state index contributed by atoms with van der Waals surface area (Å²) in [6.07, 6.45) is 3.80. The van der Waals surface area contributed by atoms with Crippen LogP contribution in [0.4, 0.5) is 0 Å². The Morgan fingerprint density at radius 1 is 0.720 bits per heavy atom. The van der Waals surface area contributed by atoms with Gasteiger partial charge in [0.2, 0.25) is 11.8 Å². The lowest BCUT2D eigenvalue weighted by Gasteiger charge is -2.50. The minimum absolute atomic E-state index is 0.0307. The first-order chi connectivity index (χ1) is 23.8. The molecule has 10 unspecified atom stereocenters. The monoisotopic (exact) mass is 776 g/mol. The Labute approximate surface area is 305 Å². The molecule has 14 nitrogen and oxygen atoms in total. The fourth-order valence-corrected chi connectivity index (χ4v) is 9.06. The van der Waals surface area contributed by atoms with Crippen LogP contribution in [0.5, 0.6) is 0 Å². The maximum Gasteiger partial charge on any atom is 0.311 e. The predicted molar refractivity (Wildman–Crippen MR) is 188 cm³/mol. The average Bonchev–Trinajstić information content (AvgIpc) is 3.46. The Morgan fingerprint density at radius 2 is 1.16 bits per heavy atom. The van der Waals surface area contributed by atoms with Crippen LogP contribution in [0, 0.1) is 11.3 Å². The number of rotatable bonds is 19. The number of hydrogen-bond acceptors (Lipinski definition) is 12. The summed E-state index contributed by atoms with van der Waals surface area (Å²) < 4.78 is 15.8. The second-order valence-corrected chi connectivity index (χ2v) is 16.2. The Morgan fingerprint density at radius 3 is 1.66 bits per heavy atom. The second kappa shape index (κ2) is 19.6. The Balaban J connectivity index is 1.34. The fourth-order valence-electron chi connectivity index (χ4n) is 8.45. The Hall–Kier alpha value is -1.43. The van der Waals surface area contributed by atoms with Crippen LogP contribution in [0.15, 0.2) is 0 Å². The number of carbonyl (C=O) groups excluding carboxylic acids is 3. The smallest absolute Gasteiger partial charge is 0.311 e. The van der Waals surface area contributed by atoms with Gasteiger partial charge in [0.25, 0.3) is 0 Å². The highest BCUT2D eigenvalue weighted by Gasteiger charge is 2.44. The summed E-state index contributed by atoms with van der Waals surface area (Å²) in [5.74, 6) is -1.77. The number of alkyl halides is 1. The van der Waals surface area contributed by atoms with E-state index in [-0.39, 0.29) is 62.0 Å². The van der Waals surface area contributed by atoms with Crippen molar-refractivity contribution in [2.45, 2.75) is 131 Å². The molecule has 4 saturated heterocycles. The molecule has 0 aromatic rings. The van der Waals surface area contributed by atoms with Crippen molar-refractivity contribution < 1.29 is 49.0 Å². The largest absolute Gasteiger partial charge is 0.463 e. The number of nitrogens with one attached hydrogen (secondary N) is 2. The Kier molecular flexibility index (Phi) is 16.2. The zero-order valence-corrected chi connectivity index (χ0v) is 31.6. The second-order valence-electron chi connectivity index (χ2n) is 15.1. The number of methoxy groups -OCH3 is 1. The number of esters is 1. The third-order valence-electron chi connectivity index (χ3n) is 11.2. The van der Waals surface area contributed by atoms with Crippen LogP contribution in [-0.2, 0) is 28.6 Å². The number of nitrogens with zero attached hydrogens (tertiary/aromatic N) is 2. The summed E-state index contributed by atoms with van der Waals surface area (Å²) in [6.45, 7) is 6.13. The molecule has 0 aromatic heterocycles. The van der Waals surface area contributed by atoms with Crippen LogP contribution >= 0.6 is 15.9 Å². The molecule has 10 atom stereocenters. The molecular formula is C35H61BrN4O10. The number of amides is 2. The summed E-state index contributed by atoms with van der Waals surface area (Å²) in [5.41, 5.74) is -1.04. The van der Waals surface area contributed by atoms with Crippen molar-refractivity contribution in [3.8, 4) is 0 Å². The lowest BCUT2D eigenvalue weighted by molar-refractivity contribution is -0.157. The molecule has 4 aliphatic heterocycles. The molecule has 4 aliphatic rings. The summed E-state index contributed by atoms with van der Waals surface area (Å²) in [4.78, 5) is 43.7. The zero-order chi connectivity index (χ0) is 36.4. The maximum atomic E-state index is 13.8. The number of aliphatic hydroxyl groups is 4. The first kappa shape index (κ1) is 41.3. The van der Waals surface area contributed by atoms with Gasteiger partial charge in [-0.25, -0.2) is 0 Å². The number of fused-ring (bicyclic) bond motifs is 4. The zero-order valence-electron chi connectivity index (χ0n) is 30.0. The first-order valence-corrected chi connectivity index (χ1v) is 19.4. The molecule has 4 rings (SSSR count). The minimum Gasteiger partial charge on any atom is -0.463 e. The van der Waals surface area contributed by atoms with Gasteiger partial charge in [-0.15, -0.1) is 0 Å². The third kappa shape index (κ3) is 11.0. The molecule has 0 aliphatic carbocycles. The number of hydrogen-bond donors (Lipinski definition) is 6. The van der Waals surface area contributed by atoms with Crippen LogP contribution in [0.2, 0.25) is 0 Å². The summed E-state index contributed by atoms with van der Waals surface area (Å²) in [5, 5.41) is 48.3. The molecule has 15 heteroatoms. The van der Waals surface area contributed by atoms with Crippen molar-refractivity contribution in [1.29, 1.82) is 0 Å². The highest BCUT2D eigenvalue weighted by Crippen LogP contribution is 2.36. The van der Waals surface area contributed by atoms with Crippen molar-refractivity contribution in [1.82, 2.24) is 20.4 Å². The van der Waals surface area contributed by atoms with Gasteiger partial charge in [0.1, 0.15) is 6.61 Å². The van der Waals surface area contributed by atoms with E-state index in [2.05, 4.69) is 36.4 Å². The standard InChI is InChI=1S/C35H61BrN4O10/c1-35(2,34(47)50-19-18-49-17-16-48-3)21-22(32(45)37-12-14-40-26-6-8-28(41)27(40)7-9-29(26)42)20-23(36)33(46)38-13-15-39-24-4-5-25(39)31(44)11-10-30(24)43/h22-31,41-44H,4-21H2,1-3H3,(H,37,45)(H,38,46). The van der Waals surface area contributed by atoms with Crippen molar-refractivity contribution in [2.24, 2.45) is 11.3 Å². The SMILES string of the molecule is COCCOCCOC(=O)C(C)(C)CC(CC(Br)C(=O)NCCN1C2CCC1C(O)CCC2O)C(=O)NCCN1C2CCC(O)C1CCC2O. The van der Waals surface area contributed by atoms with E-state index in [9.17, 15) is 34.8 Å². The topological polar surface area (TPSA) is 190 Å². The minimum atomic E-state index is -1.04. The Bertz CT molecular complexity index is 1070. The summed E-state index contributed by atoms with van der Waals surface area (Å²) in [7, 11) is 1.57. The van der Waals surface area contributed by atoms with Gasteiger partial charge in [0, 0.05) is 63.4 Å². The molecule has 0 aromatic carbocycles. The van der Waals surface area contributed by atoms with E-state index >= 15 is 0 Å². The van der Waals surface area contributed by atoms with E-state index < -0.39 is 46.5 Å². The number of piperidine rings is 2. The van der Waals surface area contributed by atoms with Gasteiger partial charge >= 0.3 is 5.97 Å². The van der Waals surface area contributed by atoms with Crippen molar-refractivity contribution in [3.05, 3.63) is 0 Å². The van der Waals surface area contributed by atoms with E-state index in [1.165, 1.54) is 0 Å². The molecule has 4 heterocycles. The lowest BCUT2D eigenvalue weighted by atomic mass is 9.80. The number of carbonyl (C=O) groups is 3. The van der Waals surface area contributed by atoms with Crippen molar-refractivity contribution in [3.63, 3.8) is 0 Å². The molecular weight excluding hydrogens is 716 g/mol. The molecule has 0 saturated carbocycles. The molecule has 50 heavy (non-hydrogen) atoms. The van der Waals surface area contributed by atoms with Gasteiger partial charge in [-0.05, 0) is 78.1 Å². The van der Waals surface area contributed by atoms with E-state index in [1.807, 2.05) is 0 Å². The van der Waals surface area contributed by atoms with E-state index in [0.29, 0.717) is 77.9 Å². The van der Waals surface area contributed by atoms with Gasteiger partial charge in [-0.1, -0.05) is 15.9 Å². The number of aliphatic hydroxyl groups excluding tert-OH is 4. The maximum absolute atomic E-state index is 13.8. The van der Waals surface area contributed by atoms with Crippen molar-refractivity contribution >= 4 is 33.7 Å². The van der Waals surface area contributed by atoms with E-state index in [0.717, 1.165) is 12.8 Å². The van der Waals surface area contributed by atoms with Gasteiger partial charge in [-0.2, -0.15) is 0 Å². The molecule has 6 N–H and O–H groups in total. The van der Waals surface area contributed by atoms with Crippen molar-refractivity contribution in [2.75, 3.05) is 59.7 Å². The van der Waals surface area contributed by atoms with Crippen LogP contribution in [-0.4, -0.2) is 161 Å². The molecule has 4 bridgehead atoms. The molecule has 0 spiro atoms. The van der Waals surface area contributed by atoms with Gasteiger partial charge in [-0.3, -0.25) is 24.2 Å². The van der Waals surface area contributed by atoms with E-state index in [1.54, 1.807) is 21.0 Å². The van der Waals surface area contributed by atoms with Gasteiger partial charge in [0.15, 0.2) is 0 Å². The van der Waals surface area contributed by atoms with Crippen LogP contribution in [0.3, 0.4) is 0 Å². The van der Waals surface area contributed by atoms with Crippen LogP contribution in [0.25, 0.3) is 0 Å². The van der Waals surface area contributed by atoms with Crippen LogP contribution in [0.1, 0.15) is 78.1 Å². The lowest BCUT2D eigenvalue weighted by Crippen LogP contribution is -2.62.